The van der Waals surface area contributed by atoms with E-state index in [0.29, 0.717) is 19.1 Å². The topological polar surface area (TPSA) is 77.0 Å². The number of nitrogens with zero attached hydrogens (tertiary/aromatic N) is 2. The molecule has 0 bridgehead atoms. The Morgan fingerprint density at radius 3 is 3.00 bits per heavy atom. The molecule has 0 radical (unpaired) electrons. The van der Waals surface area contributed by atoms with Gasteiger partial charge in [0.2, 0.25) is 0 Å². The SMILES string of the molecule is CN=C(NCCCOCC1CCOC1)NCc1cccc(OCc2ccccn2)c1. The van der Waals surface area contributed by atoms with Crippen molar-refractivity contribution in [2.45, 2.75) is 26.0 Å². The summed E-state index contributed by atoms with van der Waals surface area (Å²) in [6.45, 7) is 5.19. The molecule has 0 amide bonds. The van der Waals surface area contributed by atoms with Gasteiger partial charge in [-0.1, -0.05) is 18.2 Å². The second kappa shape index (κ2) is 12.8. The first-order valence-corrected chi connectivity index (χ1v) is 10.5. The zero-order chi connectivity index (χ0) is 20.9. The molecule has 0 spiro atoms. The minimum absolute atomic E-state index is 0.455. The van der Waals surface area contributed by atoms with Crippen LogP contribution in [0.4, 0.5) is 0 Å². The Hall–Kier alpha value is -2.64. The van der Waals surface area contributed by atoms with E-state index in [-0.39, 0.29) is 0 Å². The van der Waals surface area contributed by atoms with E-state index >= 15 is 0 Å². The Labute approximate surface area is 178 Å². The van der Waals surface area contributed by atoms with Crippen molar-refractivity contribution >= 4 is 5.96 Å². The van der Waals surface area contributed by atoms with Gasteiger partial charge in [-0.2, -0.15) is 0 Å². The highest BCUT2D eigenvalue weighted by molar-refractivity contribution is 5.79. The molecule has 3 rings (SSSR count). The van der Waals surface area contributed by atoms with Crippen molar-refractivity contribution in [1.29, 1.82) is 0 Å². The van der Waals surface area contributed by atoms with Gasteiger partial charge < -0.3 is 24.8 Å². The largest absolute Gasteiger partial charge is 0.487 e. The lowest BCUT2D eigenvalue weighted by atomic mass is 10.1. The predicted molar refractivity (Wildman–Crippen MR) is 118 cm³/mol. The fourth-order valence-corrected chi connectivity index (χ4v) is 3.14. The van der Waals surface area contributed by atoms with Gasteiger partial charge in [0.1, 0.15) is 12.4 Å². The number of aliphatic imine (C=N–C) groups is 1. The van der Waals surface area contributed by atoms with Crippen LogP contribution in [0.3, 0.4) is 0 Å². The van der Waals surface area contributed by atoms with Crippen molar-refractivity contribution in [3.63, 3.8) is 0 Å². The summed E-state index contributed by atoms with van der Waals surface area (Å²) in [7, 11) is 1.78. The van der Waals surface area contributed by atoms with Crippen LogP contribution in [0.2, 0.25) is 0 Å². The molecule has 1 aliphatic heterocycles. The molecule has 0 saturated carbocycles. The number of aromatic nitrogens is 1. The number of benzene rings is 1. The van der Waals surface area contributed by atoms with E-state index < -0.39 is 0 Å². The smallest absolute Gasteiger partial charge is 0.191 e. The first-order valence-electron chi connectivity index (χ1n) is 10.5. The van der Waals surface area contributed by atoms with E-state index in [4.69, 9.17) is 14.2 Å². The number of pyridine rings is 1. The summed E-state index contributed by atoms with van der Waals surface area (Å²) < 4.78 is 16.9. The summed E-state index contributed by atoms with van der Waals surface area (Å²) in [5.74, 6) is 2.17. The van der Waals surface area contributed by atoms with Crippen molar-refractivity contribution < 1.29 is 14.2 Å². The predicted octanol–water partition coefficient (Wildman–Crippen LogP) is 2.77. The minimum Gasteiger partial charge on any atom is -0.487 e. The van der Waals surface area contributed by atoms with Crippen molar-refractivity contribution in [3.8, 4) is 5.75 Å². The number of hydrogen-bond donors (Lipinski definition) is 2. The zero-order valence-electron chi connectivity index (χ0n) is 17.7. The first-order chi connectivity index (χ1) is 14.8. The Morgan fingerprint density at radius 2 is 2.20 bits per heavy atom. The summed E-state index contributed by atoms with van der Waals surface area (Å²) in [4.78, 5) is 8.56. The van der Waals surface area contributed by atoms with Crippen molar-refractivity contribution in [1.82, 2.24) is 15.6 Å². The van der Waals surface area contributed by atoms with E-state index in [2.05, 4.69) is 26.7 Å². The van der Waals surface area contributed by atoms with Crippen LogP contribution in [0.25, 0.3) is 0 Å². The van der Waals surface area contributed by atoms with E-state index in [1.165, 1.54) is 0 Å². The number of hydrogen-bond acceptors (Lipinski definition) is 5. The second-order valence-electron chi connectivity index (χ2n) is 7.27. The Morgan fingerprint density at radius 1 is 1.23 bits per heavy atom. The van der Waals surface area contributed by atoms with Crippen LogP contribution < -0.4 is 15.4 Å². The van der Waals surface area contributed by atoms with Crippen LogP contribution in [-0.2, 0) is 22.6 Å². The molecule has 162 valence electrons. The summed E-state index contributed by atoms with van der Waals surface area (Å²) in [5.41, 5.74) is 2.03. The molecule has 30 heavy (non-hydrogen) atoms. The molecule has 1 aliphatic rings. The van der Waals surface area contributed by atoms with E-state index in [1.54, 1.807) is 13.2 Å². The number of guanidine groups is 1. The molecular formula is C23H32N4O3. The van der Waals surface area contributed by atoms with E-state index in [1.807, 2.05) is 36.4 Å². The molecule has 7 nitrogen and oxygen atoms in total. The third kappa shape index (κ3) is 8.00. The summed E-state index contributed by atoms with van der Waals surface area (Å²) in [5, 5.41) is 6.66. The van der Waals surface area contributed by atoms with Crippen LogP contribution in [0, 0.1) is 5.92 Å². The van der Waals surface area contributed by atoms with Crippen LogP contribution in [0.15, 0.2) is 53.7 Å². The molecule has 1 unspecified atom stereocenters. The highest BCUT2D eigenvalue weighted by Gasteiger charge is 2.15. The van der Waals surface area contributed by atoms with Crippen molar-refractivity contribution in [2.75, 3.05) is 40.0 Å². The van der Waals surface area contributed by atoms with Crippen molar-refractivity contribution in [3.05, 3.63) is 59.9 Å². The lowest BCUT2D eigenvalue weighted by Gasteiger charge is -2.13. The normalized spacial score (nSPS) is 16.4. The van der Waals surface area contributed by atoms with E-state index in [9.17, 15) is 0 Å². The van der Waals surface area contributed by atoms with Gasteiger partial charge in [-0.3, -0.25) is 9.98 Å². The monoisotopic (exact) mass is 412 g/mol. The average molecular weight is 413 g/mol. The van der Waals surface area contributed by atoms with Gasteiger partial charge >= 0.3 is 0 Å². The lowest BCUT2D eigenvalue weighted by Crippen LogP contribution is -2.37. The van der Waals surface area contributed by atoms with Crippen LogP contribution in [-0.4, -0.2) is 51.0 Å². The molecule has 1 atom stereocenters. The summed E-state index contributed by atoms with van der Waals surface area (Å²) >= 11 is 0. The van der Waals surface area contributed by atoms with Gasteiger partial charge in [-0.05, 0) is 42.7 Å². The molecule has 0 aliphatic carbocycles. The fourth-order valence-electron chi connectivity index (χ4n) is 3.14. The van der Waals surface area contributed by atoms with Gasteiger partial charge in [0.25, 0.3) is 0 Å². The number of nitrogens with one attached hydrogen (secondary N) is 2. The molecular weight excluding hydrogens is 380 g/mol. The van der Waals surface area contributed by atoms with E-state index in [0.717, 1.165) is 68.8 Å². The quantitative estimate of drug-likeness (QED) is 0.336. The standard InChI is InChI=1S/C23H32N4O3/c1-24-23(26-11-5-12-28-16-20-9-13-29-17-20)27-15-19-6-4-8-22(14-19)30-18-21-7-2-3-10-25-21/h2-4,6-8,10,14,20H,5,9,11-13,15-18H2,1H3,(H2,24,26,27). The van der Waals surface area contributed by atoms with Gasteiger partial charge in [0, 0.05) is 45.5 Å². The molecule has 1 fully saturated rings. The minimum atomic E-state index is 0.455. The molecule has 7 heteroatoms. The van der Waals surface area contributed by atoms with Gasteiger partial charge in [0.15, 0.2) is 5.96 Å². The number of rotatable bonds is 11. The molecule has 2 N–H and O–H groups in total. The van der Waals surface area contributed by atoms with Gasteiger partial charge in [0.05, 0.1) is 18.9 Å². The maximum atomic E-state index is 5.85. The third-order valence-electron chi connectivity index (χ3n) is 4.83. The Kier molecular flexibility index (Phi) is 9.43. The highest BCUT2D eigenvalue weighted by atomic mass is 16.5. The van der Waals surface area contributed by atoms with Gasteiger partial charge in [-0.25, -0.2) is 0 Å². The molecule has 1 aromatic heterocycles. The molecule has 1 aromatic carbocycles. The first kappa shape index (κ1) is 22.1. The third-order valence-corrected chi connectivity index (χ3v) is 4.83. The fraction of sp³-hybridized carbons (Fsp3) is 0.478. The highest BCUT2D eigenvalue weighted by Crippen LogP contribution is 2.15. The summed E-state index contributed by atoms with van der Waals surface area (Å²) in [6.07, 6.45) is 3.82. The van der Waals surface area contributed by atoms with Gasteiger partial charge in [-0.15, -0.1) is 0 Å². The second-order valence-corrected chi connectivity index (χ2v) is 7.27. The van der Waals surface area contributed by atoms with Crippen LogP contribution in [0.5, 0.6) is 5.75 Å². The Bertz CT molecular complexity index is 764. The zero-order valence-corrected chi connectivity index (χ0v) is 17.7. The maximum absolute atomic E-state index is 5.85. The summed E-state index contributed by atoms with van der Waals surface area (Å²) in [6, 6.07) is 13.9. The number of ether oxygens (including phenoxy) is 3. The van der Waals surface area contributed by atoms with Crippen LogP contribution >= 0.6 is 0 Å². The van der Waals surface area contributed by atoms with Crippen LogP contribution in [0.1, 0.15) is 24.1 Å². The average Bonchev–Trinajstić information content (AvgIpc) is 3.31. The lowest BCUT2D eigenvalue weighted by molar-refractivity contribution is 0.0888. The maximum Gasteiger partial charge on any atom is 0.191 e. The molecule has 2 aromatic rings. The molecule has 2 heterocycles. The Balaban J connectivity index is 1.32. The molecule has 1 saturated heterocycles. The van der Waals surface area contributed by atoms with Crippen molar-refractivity contribution in [2.24, 2.45) is 10.9 Å².